The van der Waals surface area contributed by atoms with Gasteiger partial charge in [0.25, 0.3) is 0 Å². The third-order valence-electron chi connectivity index (χ3n) is 3.42. The van der Waals surface area contributed by atoms with Gasteiger partial charge in [0, 0.05) is 18.2 Å². The highest BCUT2D eigenvalue weighted by molar-refractivity contribution is 7.99. The summed E-state index contributed by atoms with van der Waals surface area (Å²) in [7, 11) is 0. The molecule has 0 aliphatic carbocycles. The zero-order chi connectivity index (χ0) is 12.9. The minimum absolute atomic E-state index is 0.0812. The Morgan fingerprint density at radius 1 is 1.53 bits per heavy atom. The number of carbonyl (C=O) groups is 1. The fourth-order valence-electron chi connectivity index (χ4n) is 2.20. The molecule has 1 heterocycles. The molecule has 1 saturated heterocycles. The molecule has 0 bridgehead atoms. The molecule has 4 heteroatoms. The molecule has 0 aromatic carbocycles. The fraction of sp³-hybridized carbons (Fsp3) is 0.923. The van der Waals surface area contributed by atoms with E-state index in [9.17, 15) is 9.90 Å². The van der Waals surface area contributed by atoms with Crippen molar-refractivity contribution in [2.45, 2.75) is 45.6 Å². The van der Waals surface area contributed by atoms with Crippen LogP contribution in [0, 0.1) is 11.8 Å². The Morgan fingerprint density at radius 2 is 2.24 bits per heavy atom. The first-order valence-electron chi connectivity index (χ1n) is 6.56. The van der Waals surface area contributed by atoms with Gasteiger partial charge in [-0.05, 0) is 24.5 Å². The maximum absolute atomic E-state index is 12.0. The summed E-state index contributed by atoms with van der Waals surface area (Å²) in [6, 6.07) is 0. The monoisotopic (exact) mass is 259 g/mol. The molecule has 100 valence electrons. The predicted molar refractivity (Wildman–Crippen MR) is 73.1 cm³/mol. The standard InChI is InChI=1S/C13H25NO2S/c1-4-5-11(10(2)3)12(15)14-8-13(16)6-7-17-9-13/h10-11,16H,4-9H2,1-3H3,(H,14,15). The lowest BCUT2D eigenvalue weighted by molar-refractivity contribution is -0.127. The van der Waals surface area contributed by atoms with Gasteiger partial charge in [-0.15, -0.1) is 0 Å². The Labute approximate surface area is 109 Å². The first-order chi connectivity index (χ1) is 7.98. The number of nitrogens with one attached hydrogen (secondary N) is 1. The highest BCUT2D eigenvalue weighted by atomic mass is 32.2. The second-order valence-electron chi connectivity index (χ2n) is 5.38. The summed E-state index contributed by atoms with van der Waals surface area (Å²) in [5.74, 6) is 2.29. The average molecular weight is 259 g/mol. The third-order valence-corrected chi connectivity index (χ3v) is 4.65. The van der Waals surface area contributed by atoms with Gasteiger partial charge in [0.05, 0.1) is 5.60 Å². The van der Waals surface area contributed by atoms with Crippen LogP contribution in [0.4, 0.5) is 0 Å². The summed E-state index contributed by atoms with van der Waals surface area (Å²) < 4.78 is 0. The van der Waals surface area contributed by atoms with Crippen molar-refractivity contribution in [3.05, 3.63) is 0 Å². The largest absolute Gasteiger partial charge is 0.387 e. The summed E-state index contributed by atoms with van der Waals surface area (Å²) in [5, 5.41) is 13.1. The van der Waals surface area contributed by atoms with E-state index in [0.717, 1.165) is 30.8 Å². The lowest BCUT2D eigenvalue weighted by Crippen LogP contribution is -2.45. The van der Waals surface area contributed by atoms with Crippen LogP contribution in [0.15, 0.2) is 0 Å². The van der Waals surface area contributed by atoms with E-state index in [4.69, 9.17) is 0 Å². The summed E-state index contributed by atoms with van der Waals surface area (Å²) in [6.45, 7) is 6.68. The molecule has 17 heavy (non-hydrogen) atoms. The van der Waals surface area contributed by atoms with Gasteiger partial charge in [0.2, 0.25) is 5.91 Å². The van der Waals surface area contributed by atoms with Crippen molar-refractivity contribution < 1.29 is 9.90 Å². The second-order valence-corrected chi connectivity index (χ2v) is 6.49. The Hall–Kier alpha value is -0.220. The van der Waals surface area contributed by atoms with Crippen LogP contribution in [0.25, 0.3) is 0 Å². The molecule has 0 aromatic rings. The lowest BCUT2D eigenvalue weighted by Gasteiger charge is -2.25. The number of hydrogen-bond acceptors (Lipinski definition) is 3. The minimum Gasteiger partial charge on any atom is -0.387 e. The van der Waals surface area contributed by atoms with E-state index in [1.165, 1.54) is 0 Å². The lowest BCUT2D eigenvalue weighted by atomic mass is 9.90. The Kier molecular flexibility index (Phi) is 5.80. The van der Waals surface area contributed by atoms with E-state index in [2.05, 4.69) is 26.1 Å². The van der Waals surface area contributed by atoms with Crippen molar-refractivity contribution in [1.82, 2.24) is 5.32 Å². The maximum atomic E-state index is 12.0. The van der Waals surface area contributed by atoms with Gasteiger partial charge in [-0.2, -0.15) is 11.8 Å². The van der Waals surface area contributed by atoms with Crippen molar-refractivity contribution >= 4 is 17.7 Å². The molecule has 1 aliphatic rings. The van der Waals surface area contributed by atoms with Crippen LogP contribution >= 0.6 is 11.8 Å². The summed E-state index contributed by atoms with van der Waals surface area (Å²) in [6.07, 6.45) is 2.74. The van der Waals surface area contributed by atoms with Crippen LogP contribution in [-0.2, 0) is 4.79 Å². The van der Waals surface area contributed by atoms with Crippen LogP contribution in [0.1, 0.15) is 40.0 Å². The average Bonchev–Trinajstić information content (AvgIpc) is 2.70. The highest BCUT2D eigenvalue weighted by Crippen LogP contribution is 2.27. The van der Waals surface area contributed by atoms with Gasteiger partial charge in [-0.1, -0.05) is 27.2 Å². The third kappa shape index (κ3) is 4.51. The molecule has 3 nitrogen and oxygen atoms in total. The molecule has 0 radical (unpaired) electrons. The van der Waals surface area contributed by atoms with E-state index >= 15 is 0 Å². The zero-order valence-electron chi connectivity index (χ0n) is 11.2. The van der Waals surface area contributed by atoms with Crippen LogP contribution in [0.5, 0.6) is 0 Å². The molecule has 2 unspecified atom stereocenters. The normalized spacial score (nSPS) is 26.2. The molecule has 1 rings (SSSR count). The second kappa shape index (κ2) is 6.64. The van der Waals surface area contributed by atoms with Crippen molar-refractivity contribution in [3.63, 3.8) is 0 Å². The maximum Gasteiger partial charge on any atom is 0.223 e. The SMILES string of the molecule is CCCC(C(=O)NCC1(O)CCSC1)C(C)C. The number of hydrogen-bond donors (Lipinski definition) is 2. The highest BCUT2D eigenvalue weighted by Gasteiger charge is 2.33. The molecule has 0 spiro atoms. The van der Waals surface area contributed by atoms with Gasteiger partial charge in [0.1, 0.15) is 0 Å². The number of aliphatic hydroxyl groups is 1. The Balaban J connectivity index is 2.41. The first kappa shape index (κ1) is 14.8. The molecule has 2 atom stereocenters. The quantitative estimate of drug-likeness (QED) is 0.767. The van der Waals surface area contributed by atoms with Gasteiger partial charge < -0.3 is 10.4 Å². The molecule has 1 fully saturated rings. The molecule has 2 N–H and O–H groups in total. The van der Waals surface area contributed by atoms with E-state index in [1.807, 2.05) is 0 Å². The zero-order valence-corrected chi connectivity index (χ0v) is 12.0. The van der Waals surface area contributed by atoms with Crippen molar-refractivity contribution in [2.24, 2.45) is 11.8 Å². The van der Waals surface area contributed by atoms with E-state index < -0.39 is 5.60 Å². The van der Waals surface area contributed by atoms with Crippen LogP contribution in [-0.4, -0.2) is 34.7 Å². The van der Waals surface area contributed by atoms with Gasteiger partial charge >= 0.3 is 0 Å². The minimum atomic E-state index is -0.673. The van der Waals surface area contributed by atoms with Crippen LogP contribution in [0.3, 0.4) is 0 Å². The van der Waals surface area contributed by atoms with Gasteiger partial charge in [-0.25, -0.2) is 0 Å². The number of amides is 1. The molecule has 1 aliphatic heterocycles. The summed E-state index contributed by atoms with van der Waals surface area (Å²) in [5.41, 5.74) is -0.673. The Morgan fingerprint density at radius 3 is 2.71 bits per heavy atom. The summed E-state index contributed by atoms with van der Waals surface area (Å²) in [4.78, 5) is 12.0. The van der Waals surface area contributed by atoms with Crippen molar-refractivity contribution in [2.75, 3.05) is 18.1 Å². The number of carbonyl (C=O) groups excluding carboxylic acids is 1. The molecule has 0 aromatic heterocycles. The van der Waals surface area contributed by atoms with Crippen LogP contribution in [0.2, 0.25) is 0 Å². The van der Waals surface area contributed by atoms with E-state index in [1.54, 1.807) is 11.8 Å². The number of thioether (sulfide) groups is 1. The molecular weight excluding hydrogens is 234 g/mol. The molecule has 0 saturated carbocycles. The smallest absolute Gasteiger partial charge is 0.223 e. The fourth-order valence-corrected chi connectivity index (χ4v) is 3.49. The van der Waals surface area contributed by atoms with Crippen LogP contribution < -0.4 is 5.32 Å². The topological polar surface area (TPSA) is 49.3 Å². The first-order valence-corrected chi connectivity index (χ1v) is 7.72. The summed E-state index contributed by atoms with van der Waals surface area (Å²) >= 11 is 1.76. The van der Waals surface area contributed by atoms with E-state index in [0.29, 0.717) is 12.5 Å². The van der Waals surface area contributed by atoms with Crippen molar-refractivity contribution in [3.8, 4) is 0 Å². The van der Waals surface area contributed by atoms with Gasteiger partial charge in [-0.3, -0.25) is 4.79 Å². The molecular formula is C13H25NO2S. The predicted octanol–water partition coefficient (Wildman–Crippen LogP) is 2.04. The number of rotatable bonds is 6. The van der Waals surface area contributed by atoms with Crippen molar-refractivity contribution in [1.29, 1.82) is 0 Å². The Bertz CT molecular complexity index is 250. The molecule has 1 amide bonds. The van der Waals surface area contributed by atoms with E-state index in [-0.39, 0.29) is 11.8 Å². The van der Waals surface area contributed by atoms with Gasteiger partial charge in [0.15, 0.2) is 0 Å².